The average molecular weight is 494 g/mol. The van der Waals surface area contributed by atoms with Crippen molar-refractivity contribution < 1.29 is 27.1 Å². The topological polar surface area (TPSA) is 114 Å². The first-order valence-electron chi connectivity index (χ1n) is 10.9. The number of amides is 1. The van der Waals surface area contributed by atoms with Gasteiger partial charge in [0.2, 0.25) is 5.88 Å². The number of hydrogen-bond donors (Lipinski definition) is 1. The van der Waals surface area contributed by atoms with E-state index < -0.39 is 21.3 Å². The van der Waals surface area contributed by atoms with Gasteiger partial charge >= 0.3 is 6.09 Å². The van der Waals surface area contributed by atoms with Gasteiger partial charge < -0.3 is 24.6 Å². The maximum absolute atomic E-state index is 14.8. The Hall–Kier alpha value is -3.15. The van der Waals surface area contributed by atoms with Crippen molar-refractivity contribution in [2.45, 2.75) is 50.2 Å². The average Bonchev–Trinajstić information content (AvgIpc) is 3.17. The van der Waals surface area contributed by atoms with Gasteiger partial charge in [-0.2, -0.15) is 4.98 Å². The third-order valence-electron chi connectivity index (χ3n) is 5.47. The van der Waals surface area contributed by atoms with Gasteiger partial charge in [-0.1, -0.05) is 0 Å². The summed E-state index contributed by atoms with van der Waals surface area (Å²) in [6, 6.07) is 3.78. The molecule has 2 aliphatic rings. The van der Waals surface area contributed by atoms with Crippen molar-refractivity contribution in [3.05, 3.63) is 30.3 Å². The molecule has 1 aromatic heterocycles. The molecule has 0 atom stereocenters. The number of benzene rings is 1. The van der Waals surface area contributed by atoms with E-state index in [1.54, 1.807) is 9.80 Å². The van der Waals surface area contributed by atoms with Crippen molar-refractivity contribution >= 4 is 33.1 Å². The molecule has 34 heavy (non-hydrogen) atoms. The van der Waals surface area contributed by atoms with E-state index in [2.05, 4.69) is 15.3 Å². The number of halogens is 1. The van der Waals surface area contributed by atoms with Crippen LogP contribution in [0.2, 0.25) is 0 Å². The largest absolute Gasteiger partial charge is 0.473 e. The fraction of sp³-hybridized carbons (Fsp3) is 0.500. The Morgan fingerprint density at radius 3 is 2.53 bits per heavy atom. The van der Waals surface area contributed by atoms with E-state index in [1.165, 1.54) is 18.5 Å². The van der Waals surface area contributed by atoms with E-state index in [9.17, 15) is 17.6 Å². The SMILES string of the molecule is CC(C)(C)OC(=O)N1CCC(Oc2ncnc3c2NCN3c2ccc(S(C)(=O)=O)cc2F)CC1. The molecule has 0 saturated carbocycles. The van der Waals surface area contributed by atoms with E-state index in [0.717, 1.165) is 12.3 Å². The molecule has 1 aromatic carbocycles. The number of nitrogens with zero attached hydrogens (tertiary/aromatic N) is 4. The standard InChI is InChI=1S/C22H28FN5O5S/c1-22(2,3)33-21(29)27-9-7-14(8-10-27)32-20-18-19(24-12-25-20)28(13-26-18)17-6-5-15(11-16(17)23)34(4,30)31/h5-6,11-12,14,26H,7-10,13H2,1-4H3. The van der Waals surface area contributed by atoms with Gasteiger partial charge in [-0.05, 0) is 39.0 Å². The molecule has 0 spiro atoms. The zero-order valence-corrected chi connectivity index (χ0v) is 20.4. The van der Waals surface area contributed by atoms with E-state index in [-0.39, 0.29) is 29.4 Å². The van der Waals surface area contributed by atoms with Crippen LogP contribution in [0.5, 0.6) is 5.88 Å². The van der Waals surface area contributed by atoms with Gasteiger partial charge in [-0.15, -0.1) is 0 Å². The summed E-state index contributed by atoms with van der Waals surface area (Å²) in [6.07, 6.45) is 3.11. The van der Waals surface area contributed by atoms with Crippen molar-refractivity contribution in [2.75, 3.05) is 36.2 Å². The summed E-state index contributed by atoms with van der Waals surface area (Å²) in [7, 11) is -3.52. The Balaban J connectivity index is 1.45. The third-order valence-corrected chi connectivity index (χ3v) is 6.58. The molecule has 1 fully saturated rings. The van der Waals surface area contributed by atoms with Crippen LogP contribution >= 0.6 is 0 Å². The van der Waals surface area contributed by atoms with Crippen molar-refractivity contribution in [3.63, 3.8) is 0 Å². The molecule has 10 nitrogen and oxygen atoms in total. The van der Waals surface area contributed by atoms with Crippen LogP contribution in [0.1, 0.15) is 33.6 Å². The lowest BCUT2D eigenvalue weighted by Crippen LogP contribution is -2.44. The molecule has 2 aromatic rings. The molecule has 0 aliphatic carbocycles. The highest BCUT2D eigenvalue weighted by atomic mass is 32.2. The number of aromatic nitrogens is 2. The fourth-order valence-corrected chi connectivity index (χ4v) is 4.45. The molecule has 4 rings (SSSR count). The second kappa shape index (κ2) is 8.90. The first-order valence-corrected chi connectivity index (χ1v) is 12.8. The number of rotatable bonds is 4. The molecule has 184 valence electrons. The summed E-state index contributed by atoms with van der Waals surface area (Å²) in [5.74, 6) is 0.103. The highest BCUT2D eigenvalue weighted by molar-refractivity contribution is 7.90. The Morgan fingerprint density at radius 2 is 1.91 bits per heavy atom. The predicted octanol–water partition coefficient (Wildman–Crippen LogP) is 3.32. The Bertz CT molecular complexity index is 1190. The number of hydrogen-bond acceptors (Lipinski definition) is 9. The second-order valence-corrected chi connectivity index (χ2v) is 11.3. The molecule has 12 heteroatoms. The van der Waals surface area contributed by atoms with E-state index >= 15 is 0 Å². The second-order valence-electron chi connectivity index (χ2n) is 9.31. The summed E-state index contributed by atoms with van der Waals surface area (Å²) in [6.45, 7) is 6.72. The van der Waals surface area contributed by atoms with Crippen molar-refractivity contribution in [3.8, 4) is 5.88 Å². The lowest BCUT2D eigenvalue weighted by molar-refractivity contribution is 0.0123. The van der Waals surface area contributed by atoms with Crippen molar-refractivity contribution in [1.82, 2.24) is 14.9 Å². The lowest BCUT2D eigenvalue weighted by atomic mass is 10.1. The lowest BCUT2D eigenvalue weighted by Gasteiger charge is -2.33. The number of carbonyl (C=O) groups is 1. The van der Waals surface area contributed by atoms with Crippen LogP contribution in [-0.4, -0.2) is 67.1 Å². The monoisotopic (exact) mass is 493 g/mol. The van der Waals surface area contributed by atoms with E-state index in [0.29, 0.717) is 43.3 Å². The van der Waals surface area contributed by atoms with Gasteiger partial charge in [-0.3, -0.25) is 0 Å². The smallest absolute Gasteiger partial charge is 0.410 e. The van der Waals surface area contributed by atoms with Gasteiger partial charge in [0.15, 0.2) is 15.7 Å². The number of likely N-dealkylation sites (tertiary alicyclic amines) is 1. The normalized spacial score (nSPS) is 16.7. The maximum atomic E-state index is 14.8. The molecule has 0 bridgehead atoms. The Morgan fingerprint density at radius 1 is 1.21 bits per heavy atom. The summed E-state index contributed by atoms with van der Waals surface area (Å²) >= 11 is 0. The Kier molecular flexibility index (Phi) is 6.28. The van der Waals surface area contributed by atoms with Crippen LogP contribution in [0.3, 0.4) is 0 Å². The Labute approximate surface area is 198 Å². The third kappa shape index (κ3) is 5.16. The number of carbonyl (C=O) groups excluding carboxylic acids is 1. The molecule has 1 saturated heterocycles. The number of sulfone groups is 1. The van der Waals surface area contributed by atoms with Crippen LogP contribution < -0.4 is 15.0 Å². The van der Waals surface area contributed by atoms with Crippen LogP contribution in [0.15, 0.2) is 29.4 Å². The number of nitrogens with one attached hydrogen (secondary N) is 1. The maximum Gasteiger partial charge on any atom is 0.410 e. The van der Waals surface area contributed by atoms with Gasteiger partial charge in [-0.25, -0.2) is 22.6 Å². The van der Waals surface area contributed by atoms with Crippen LogP contribution in [0.25, 0.3) is 0 Å². The molecule has 3 heterocycles. The molecular formula is C22H28FN5O5S. The number of fused-ring (bicyclic) bond motifs is 1. The molecular weight excluding hydrogens is 465 g/mol. The zero-order chi connectivity index (χ0) is 24.7. The predicted molar refractivity (Wildman–Crippen MR) is 124 cm³/mol. The van der Waals surface area contributed by atoms with E-state index in [1.807, 2.05) is 20.8 Å². The number of ether oxygens (including phenoxy) is 2. The fourth-order valence-electron chi connectivity index (χ4n) is 3.82. The van der Waals surface area contributed by atoms with Crippen molar-refractivity contribution in [1.29, 1.82) is 0 Å². The highest BCUT2D eigenvalue weighted by Crippen LogP contribution is 2.41. The molecule has 0 unspecified atom stereocenters. The summed E-state index contributed by atoms with van der Waals surface area (Å²) < 4.78 is 49.7. The first kappa shape index (κ1) is 24.0. The minimum Gasteiger partial charge on any atom is -0.473 e. The molecule has 1 N–H and O–H groups in total. The molecule has 2 aliphatic heterocycles. The summed E-state index contributed by atoms with van der Waals surface area (Å²) in [4.78, 5) is 23.9. The summed E-state index contributed by atoms with van der Waals surface area (Å²) in [5.41, 5.74) is 0.172. The van der Waals surface area contributed by atoms with Gasteiger partial charge in [0.05, 0.1) is 17.3 Å². The van der Waals surface area contributed by atoms with E-state index in [4.69, 9.17) is 9.47 Å². The van der Waals surface area contributed by atoms with Gasteiger partial charge in [0.1, 0.15) is 29.5 Å². The zero-order valence-electron chi connectivity index (χ0n) is 19.5. The minimum absolute atomic E-state index is 0.0921. The van der Waals surface area contributed by atoms with Gasteiger partial charge in [0.25, 0.3) is 0 Å². The number of anilines is 3. The summed E-state index contributed by atoms with van der Waals surface area (Å²) in [5, 5.41) is 3.14. The minimum atomic E-state index is -3.52. The highest BCUT2D eigenvalue weighted by Gasteiger charge is 2.31. The first-order chi connectivity index (χ1) is 15.9. The number of piperidine rings is 1. The van der Waals surface area contributed by atoms with Gasteiger partial charge in [0, 0.05) is 32.2 Å². The quantitative estimate of drug-likeness (QED) is 0.685. The molecule has 1 amide bonds. The van der Waals surface area contributed by atoms with Crippen LogP contribution in [0, 0.1) is 5.82 Å². The van der Waals surface area contributed by atoms with Crippen LogP contribution in [-0.2, 0) is 14.6 Å². The van der Waals surface area contributed by atoms with Crippen molar-refractivity contribution in [2.24, 2.45) is 0 Å². The van der Waals surface area contributed by atoms with Crippen LogP contribution in [0.4, 0.5) is 26.4 Å². The molecule has 0 radical (unpaired) electrons.